The summed E-state index contributed by atoms with van der Waals surface area (Å²) in [5.74, 6) is -0.833. The van der Waals surface area contributed by atoms with E-state index in [1.165, 1.54) is 7.02 Å². The zero-order chi connectivity index (χ0) is 12.5. The van der Waals surface area contributed by atoms with E-state index in [1.54, 1.807) is 0 Å². The van der Waals surface area contributed by atoms with Gasteiger partial charge in [0.15, 0.2) is 0 Å². The average Bonchev–Trinajstić information content (AvgIpc) is 2.31. The van der Waals surface area contributed by atoms with Gasteiger partial charge in [-0.15, -0.1) is 0 Å². The van der Waals surface area contributed by atoms with Crippen LogP contribution in [0.4, 0.5) is 0 Å². The molecule has 0 fully saturated rings. The van der Waals surface area contributed by atoms with Crippen molar-refractivity contribution >= 4 is 34.6 Å². The van der Waals surface area contributed by atoms with Crippen LogP contribution in [-0.4, -0.2) is 32.7 Å². The van der Waals surface area contributed by atoms with Gasteiger partial charge in [0.1, 0.15) is 0 Å². The fourth-order valence-corrected chi connectivity index (χ4v) is 4.21. The first-order valence-electron chi connectivity index (χ1n) is 5.25. The van der Waals surface area contributed by atoms with Crippen LogP contribution < -0.4 is 7.02 Å². The number of hydrogen-bond acceptors (Lipinski definition) is 1. The molecule has 0 aliphatic rings. The van der Waals surface area contributed by atoms with Gasteiger partial charge in [0.2, 0.25) is 0 Å². The molecule has 2 aromatic rings. The Hall–Kier alpha value is -1.27. The second-order valence-corrected chi connectivity index (χ2v) is 7.39. The summed E-state index contributed by atoms with van der Waals surface area (Å²) in [6.07, 6.45) is 0. The molecule has 1 N–H and O–H groups in total. The Bertz CT molecular complexity index is 399. The van der Waals surface area contributed by atoms with Crippen molar-refractivity contribution in [1.82, 2.24) is 0 Å². The molecule has 0 radical (unpaired) electrons. The molecule has 0 amide bonds. The summed E-state index contributed by atoms with van der Waals surface area (Å²) >= 11 is -0.517. The van der Waals surface area contributed by atoms with Crippen LogP contribution in [0.25, 0.3) is 0 Å². The van der Waals surface area contributed by atoms with Crippen LogP contribution in [-0.2, 0) is 4.79 Å². The van der Waals surface area contributed by atoms with Gasteiger partial charge >= 0.3 is 89.3 Å². The first kappa shape index (κ1) is 13.8. The van der Waals surface area contributed by atoms with Crippen LogP contribution in [0.3, 0.4) is 0 Å². The molecule has 0 spiro atoms. The predicted molar refractivity (Wildman–Crippen MR) is 72.6 cm³/mol. The molecule has 17 heavy (non-hydrogen) atoms. The molecule has 0 saturated heterocycles. The number of aliphatic carboxylic acids is 1. The van der Waals surface area contributed by atoms with Crippen molar-refractivity contribution in [3.05, 3.63) is 60.7 Å². The maximum absolute atomic E-state index is 9.00. The van der Waals surface area contributed by atoms with E-state index in [0.717, 1.165) is 6.92 Å². The Kier molecular flexibility index (Phi) is 6.42. The Balaban J connectivity index is 0.000000317. The van der Waals surface area contributed by atoms with Crippen molar-refractivity contribution in [2.75, 3.05) is 0 Å². The fourth-order valence-electron chi connectivity index (χ4n) is 1.21. The Labute approximate surface area is 112 Å². The maximum atomic E-state index is 9.00. The molecular weight excluding hydrogens is 322 g/mol. The van der Waals surface area contributed by atoms with Crippen LogP contribution in [0.1, 0.15) is 6.92 Å². The van der Waals surface area contributed by atoms with E-state index < -0.39 is 27.6 Å². The van der Waals surface area contributed by atoms with Gasteiger partial charge in [0, 0.05) is 6.92 Å². The normalized spacial score (nSPS) is 9.00. The van der Waals surface area contributed by atoms with E-state index in [4.69, 9.17) is 9.90 Å². The monoisotopic (exact) mass is 336 g/mol. The molecule has 88 valence electrons. The summed E-state index contributed by atoms with van der Waals surface area (Å²) in [7, 11) is 0. The van der Waals surface area contributed by atoms with Gasteiger partial charge in [0.05, 0.1) is 0 Å². The third-order valence-corrected chi connectivity index (χ3v) is 5.39. The Morgan fingerprint density at radius 1 is 0.882 bits per heavy atom. The number of carbonyl (C=O) groups is 1. The van der Waals surface area contributed by atoms with Gasteiger partial charge in [-0.05, 0) is 0 Å². The summed E-state index contributed by atoms with van der Waals surface area (Å²) < 4.78 is 3.08. The van der Waals surface area contributed by atoms with Crippen LogP contribution in [0.15, 0.2) is 60.7 Å². The van der Waals surface area contributed by atoms with Crippen molar-refractivity contribution in [2.24, 2.45) is 0 Å². The third-order valence-electron chi connectivity index (χ3n) is 1.84. The van der Waals surface area contributed by atoms with Gasteiger partial charge in [-0.3, -0.25) is 4.79 Å². The average molecular weight is 337 g/mol. The molecule has 0 heterocycles. The molecule has 0 aliphatic carbocycles. The molecule has 0 saturated carbocycles. The predicted octanol–water partition coefficient (Wildman–Crippen LogP) is 1.16. The van der Waals surface area contributed by atoms with E-state index in [0.29, 0.717) is 0 Å². The molecule has 2 rings (SSSR count). The first-order chi connectivity index (χ1) is 8.18. The van der Waals surface area contributed by atoms with Crippen LogP contribution >= 0.6 is 0 Å². The molecule has 2 aromatic carbocycles. The van der Waals surface area contributed by atoms with Crippen LogP contribution in [0, 0.1) is 0 Å². The van der Waals surface area contributed by atoms with E-state index in [9.17, 15) is 0 Å². The second kappa shape index (κ2) is 7.91. The standard InChI is InChI=1S/2C6H5.C2H4O2.Sb.H/c2*1-2-4-6-5-3-1;1-2(3)4;;/h2*1-5H;1H3,(H,3,4);;. The molecule has 0 aromatic heterocycles. The fraction of sp³-hybridized carbons (Fsp3) is 0.0714. The minimum absolute atomic E-state index is 0.517. The zero-order valence-electron chi connectivity index (χ0n) is 9.63. The van der Waals surface area contributed by atoms with Crippen molar-refractivity contribution in [2.45, 2.75) is 6.92 Å². The van der Waals surface area contributed by atoms with Crippen molar-refractivity contribution < 1.29 is 9.90 Å². The van der Waals surface area contributed by atoms with E-state index in [2.05, 4.69) is 60.7 Å². The molecule has 0 atom stereocenters. The molecule has 0 bridgehead atoms. The van der Waals surface area contributed by atoms with Crippen molar-refractivity contribution in [1.29, 1.82) is 0 Å². The summed E-state index contributed by atoms with van der Waals surface area (Å²) in [6.45, 7) is 1.08. The summed E-state index contributed by atoms with van der Waals surface area (Å²) in [4.78, 5) is 9.00. The molecule has 0 aliphatic heterocycles. The molecule has 3 heteroatoms. The van der Waals surface area contributed by atoms with Crippen LogP contribution in [0.5, 0.6) is 0 Å². The quantitative estimate of drug-likeness (QED) is 0.836. The SMILES string of the molecule is CC(=O)O.c1cc[c]([SbH][c]2ccccc2)cc1. The molecule has 2 nitrogen and oxygen atoms in total. The third kappa shape index (κ3) is 6.80. The van der Waals surface area contributed by atoms with Gasteiger partial charge in [-0.1, -0.05) is 0 Å². The number of benzene rings is 2. The summed E-state index contributed by atoms with van der Waals surface area (Å²) in [5, 5.41) is 7.42. The van der Waals surface area contributed by atoms with E-state index >= 15 is 0 Å². The number of carboxylic acid groups (broad SMARTS) is 1. The topological polar surface area (TPSA) is 37.3 Å². The number of carboxylic acids is 1. The summed E-state index contributed by atoms with van der Waals surface area (Å²) in [6, 6.07) is 21.6. The molecule has 0 unspecified atom stereocenters. The van der Waals surface area contributed by atoms with Gasteiger partial charge in [-0.2, -0.15) is 0 Å². The van der Waals surface area contributed by atoms with E-state index in [-0.39, 0.29) is 0 Å². The second-order valence-electron chi connectivity index (χ2n) is 3.38. The number of hydrogen-bond donors (Lipinski definition) is 1. The minimum atomic E-state index is -0.833. The molecular formula is C14H15O2Sb. The van der Waals surface area contributed by atoms with Gasteiger partial charge in [0.25, 0.3) is 5.97 Å². The Morgan fingerprint density at radius 2 is 1.18 bits per heavy atom. The van der Waals surface area contributed by atoms with Crippen LogP contribution in [0.2, 0.25) is 0 Å². The van der Waals surface area contributed by atoms with Gasteiger partial charge in [-0.25, -0.2) is 0 Å². The van der Waals surface area contributed by atoms with Gasteiger partial charge < -0.3 is 5.11 Å². The van der Waals surface area contributed by atoms with Crippen molar-refractivity contribution in [3.8, 4) is 0 Å². The first-order valence-corrected chi connectivity index (χ1v) is 8.10. The van der Waals surface area contributed by atoms with Crippen molar-refractivity contribution in [3.63, 3.8) is 0 Å². The number of rotatable bonds is 2. The zero-order valence-corrected chi connectivity index (χ0v) is 12.5. The van der Waals surface area contributed by atoms with E-state index in [1.807, 2.05) is 0 Å². The summed E-state index contributed by atoms with van der Waals surface area (Å²) in [5.41, 5.74) is 0. The Morgan fingerprint density at radius 3 is 1.47 bits per heavy atom.